The Kier molecular flexibility index (Phi) is 4.88. The molecule has 0 aliphatic rings. The monoisotopic (exact) mass is 388 g/mol. The molecule has 0 spiro atoms. The van der Waals surface area contributed by atoms with E-state index in [1.807, 2.05) is 68.3 Å². The number of hydrogen-bond donors (Lipinski definition) is 1. The van der Waals surface area contributed by atoms with Crippen LogP contribution in [0.15, 0.2) is 48.9 Å². The Balaban J connectivity index is 1.72. The number of carbonyl (C=O) groups excluding carboxylic acids is 1. The minimum Gasteiger partial charge on any atom is -0.345 e. The number of nitrogens with zero attached hydrogens (tertiary/aromatic N) is 5. The van der Waals surface area contributed by atoms with Crippen LogP contribution in [0.4, 0.5) is 0 Å². The number of benzene rings is 1. The van der Waals surface area contributed by atoms with Crippen LogP contribution in [-0.4, -0.2) is 30.5 Å². The molecule has 0 bridgehead atoms. The van der Waals surface area contributed by atoms with Crippen molar-refractivity contribution in [3.63, 3.8) is 0 Å². The molecule has 1 aromatic carbocycles. The summed E-state index contributed by atoms with van der Waals surface area (Å²) in [4.78, 5) is 18.0. The molecule has 0 saturated heterocycles. The van der Waals surface area contributed by atoms with Crippen LogP contribution in [0.5, 0.6) is 0 Å². The van der Waals surface area contributed by atoms with Crippen molar-refractivity contribution in [2.24, 2.45) is 7.05 Å². The van der Waals surface area contributed by atoms with Crippen LogP contribution in [0, 0.1) is 6.92 Å². The Bertz CT molecular complexity index is 1190. The molecule has 1 N–H and O–H groups in total. The van der Waals surface area contributed by atoms with Gasteiger partial charge in [-0.2, -0.15) is 10.2 Å². The molecule has 1 amide bonds. The number of pyridine rings is 1. The standard InChI is InChI=1S/C22H24N6O/c1-5-28-15(3)19(12-24-28)14(2)25-22(29)18-10-21(16-11-23-27(4)13-16)26-20-9-7-6-8-17(18)20/h6-14H,5H2,1-4H3,(H,25,29). The summed E-state index contributed by atoms with van der Waals surface area (Å²) in [5.74, 6) is -0.134. The molecule has 7 heteroatoms. The highest BCUT2D eigenvalue weighted by molar-refractivity contribution is 6.07. The highest BCUT2D eigenvalue weighted by Crippen LogP contribution is 2.25. The number of nitrogens with one attached hydrogen (secondary N) is 1. The normalized spacial score (nSPS) is 12.3. The highest BCUT2D eigenvalue weighted by Gasteiger charge is 2.19. The zero-order chi connectivity index (χ0) is 20.5. The van der Waals surface area contributed by atoms with Gasteiger partial charge in [0.2, 0.25) is 0 Å². The lowest BCUT2D eigenvalue weighted by Crippen LogP contribution is -2.27. The van der Waals surface area contributed by atoms with Crippen molar-refractivity contribution in [2.75, 3.05) is 0 Å². The van der Waals surface area contributed by atoms with Crippen LogP contribution in [0.3, 0.4) is 0 Å². The SMILES string of the molecule is CCn1ncc(C(C)NC(=O)c2cc(-c3cnn(C)c3)nc3ccccc23)c1C. The molecule has 0 radical (unpaired) electrons. The van der Waals surface area contributed by atoms with Crippen LogP contribution in [0.2, 0.25) is 0 Å². The van der Waals surface area contributed by atoms with E-state index in [9.17, 15) is 4.79 Å². The van der Waals surface area contributed by atoms with Gasteiger partial charge in [0.1, 0.15) is 0 Å². The zero-order valence-electron chi connectivity index (χ0n) is 17.0. The third-order valence-electron chi connectivity index (χ3n) is 5.22. The van der Waals surface area contributed by atoms with E-state index >= 15 is 0 Å². The van der Waals surface area contributed by atoms with Crippen molar-refractivity contribution in [2.45, 2.75) is 33.4 Å². The molecular weight excluding hydrogens is 364 g/mol. The van der Waals surface area contributed by atoms with Gasteiger partial charge < -0.3 is 5.32 Å². The number of aromatic nitrogens is 5. The molecule has 148 valence electrons. The summed E-state index contributed by atoms with van der Waals surface area (Å²) in [6, 6.07) is 9.37. The largest absolute Gasteiger partial charge is 0.345 e. The second-order valence-electron chi connectivity index (χ2n) is 7.17. The Labute approximate surface area is 169 Å². The summed E-state index contributed by atoms with van der Waals surface area (Å²) in [6.07, 6.45) is 5.48. The predicted octanol–water partition coefficient (Wildman–Crippen LogP) is 3.65. The summed E-state index contributed by atoms with van der Waals surface area (Å²) in [6.45, 7) is 6.86. The van der Waals surface area contributed by atoms with E-state index in [2.05, 4.69) is 22.4 Å². The Hall–Kier alpha value is -3.48. The molecule has 4 aromatic rings. The second-order valence-corrected chi connectivity index (χ2v) is 7.17. The first-order chi connectivity index (χ1) is 14.0. The van der Waals surface area contributed by atoms with Crippen molar-refractivity contribution >= 4 is 16.8 Å². The van der Waals surface area contributed by atoms with E-state index < -0.39 is 0 Å². The number of carbonyl (C=O) groups is 1. The summed E-state index contributed by atoms with van der Waals surface area (Å²) in [7, 11) is 1.86. The van der Waals surface area contributed by atoms with Gasteiger partial charge in [-0.3, -0.25) is 14.2 Å². The number of hydrogen-bond acceptors (Lipinski definition) is 4. The van der Waals surface area contributed by atoms with Gasteiger partial charge in [0, 0.05) is 42.0 Å². The smallest absolute Gasteiger partial charge is 0.252 e. The zero-order valence-corrected chi connectivity index (χ0v) is 17.0. The highest BCUT2D eigenvalue weighted by atomic mass is 16.1. The van der Waals surface area contributed by atoms with E-state index in [0.717, 1.165) is 40.0 Å². The first kappa shape index (κ1) is 18.9. The Morgan fingerprint density at radius 3 is 2.69 bits per heavy atom. The molecule has 3 heterocycles. The van der Waals surface area contributed by atoms with Crippen molar-refractivity contribution < 1.29 is 4.79 Å². The fourth-order valence-corrected chi connectivity index (χ4v) is 3.62. The maximum atomic E-state index is 13.2. The van der Waals surface area contributed by atoms with Gasteiger partial charge in [-0.1, -0.05) is 18.2 Å². The predicted molar refractivity (Wildman–Crippen MR) is 112 cm³/mol. The van der Waals surface area contributed by atoms with Gasteiger partial charge in [0.25, 0.3) is 5.91 Å². The van der Waals surface area contributed by atoms with Crippen LogP contribution in [0.25, 0.3) is 22.2 Å². The molecule has 1 unspecified atom stereocenters. The maximum Gasteiger partial charge on any atom is 0.252 e. The summed E-state index contributed by atoms with van der Waals surface area (Å²) < 4.78 is 3.66. The second kappa shape index (κ2) is 7.50. The number of rotatable bonds is 5. The van der Waals surface area contributed by atoms with Crippen LogP contribution >= 0.6 is 0 Å². The molecule has 3 aromatic heterocycles. The topological polar surface area (TPSA) is 77.6 Å². The van der Waals surface area contributed by atoms with E-state index in [0.29, 0.717) is 5.56 Å². The van der Waals surface area contributed by atoms with E-state index in [-0.39, 0.29) is 11.9 Å². The first-order valence-electron chi connectivity index (χ1n) is 9.70. The van der Waals surface area contributed by atoms with Crippen LogP contribution in [0.1, 0.15) is 41.5 Å². The van der Waals surface area contributed by atoms with E-state index in [1.165, 1.54) is 0 Å². The molecule has 0 aliphatic carbocycles. The Morgan fingerprint density at radius 2 is 2.00 bits per heavy atom. The average molecular weight is 388 g/mol. The molecule has 0 fully saturated rings. The third-order valence-corrected chi connectivity index (χ3v) is 5.22. The average Bonchev–Trinajstić information content (AvgIpc) is 3.32. The van der Waals surface area contributed by atoms with Crippen molar-refractivity contribution in [1.82, 2.24) is 29.9 Å². The lowest BCUT2D eigenvalue weighted by Gasteiger charge is -2.15. The van der Waals surface area contributed by atoms with Crippen molar-refractivity contribution in [3.05, 3.63) is 65.7 Å². The fraction of sp³-hybridized carbons (Fsp3) is 0.273. The summed E-state index contributed by atoms with van der Waals surface area (Å²) in [5, 5.41) is 12.6. The first-order valence-corrected chi connectivity index (χ1v) is 9.70. The summed E-state index contributed by atoms with van der Waals surface area (Å²) >= 11 is 0. The Morgan fingerprint density at radius 1 is 1.21 bits per heavy atom. The van der Waals surface area contributed by atoms with Gasteiger partial charge >= 0.3 is 0 Å². The van der Waals surface area contributed by atoms with Gasteiger partial charge in [-0.25, -0.2) is 4.98 Å². The minimum atomic E-state index is -0.156. The molecule has 29 heavy (non-hydrogen) atoms. The number of aryl methyl sites for hydroxylation is 2. The molecular formula is C22H24N6O. The van der Waals surface area contributed by atoms with E-state index in [1.54, 1.807) is 10.9 Å². The van der Waals surface area contributed by atoms with Gasteiger partial charge in [0.15, 0.2) is 0 Å². The molecule has 4 rings (SSSR count). The minimum absolute atomic E-state index is 0.134. The number of fused-ring (bicyclic) bond motifs is 1. The number of amides is 1. The molecule has 0 aliphatic heterocycles. The fourth-order valence-electron chi connectivity index (χ4n) is 3.62. The summed E-state index contributed by atoms with van der Waals surface area (Å²) in [5.41, 5.74) is 5.07. The van der Waals surface area contributed by atoms with Crippen molar-refractivity contribution in [1.29, 1.82) is 0 Å². The van der Waals surface area contributed by atoms with Crippen molar-refractivity contribution in [3.8, 4) is 11.3 Å². The van der Waals surface area contributed by atoms with Gasteiger partial charge in [-0.05, 0) is 32.9 Å². The third kappa shape index (κ3) is 3.51. The quantitative estimate of drug-likeness (QED) is 0.566. The molecule has 1 atom stereocenters. The number of para-hydroxylation sites is 1. The molecule has 0 saturated carbocycles. The van der Waals surface area contributed by atoms with E-state index in [4.69, 9.17) is 4.98 Å². The lowest BCUT2D eigenvalue weighted by molar-refractivity contribution is 0.0941. The van der Waals surface area contributed by atoms with Crippen LogP contribution in [-0.2, 0) is 13.6 Å². The van der Waals surface area contributed by atoms with Gasteiger partial charge in [-0.15, -0.1) is 0 Å². The maximum absolute atomic E-state index is 13.2. The van der Waals surface area contributed by atoms with Crippen LogP contribution < -0.4 is 5.32 Å². The van der Waals surface area contributed by atoms with Gasteiger partial charge in [0.05, 0.1) is 35.2 Å². The molecule has 7 nitrogen and oxygen atoms in total. The lowest BCUT2D eigenvalue weighted by atomic mass is 10.0.